The van der Waals surface area contributed by atoms with Gasteiger partial charge in [0, 0.05) is 50.0 Å². The third-order valence-electron chi connectivity index (χ3n) is 5.09. The molecule has 1 heterocycles. The predicted molar refractivity (Wildman–Crippen MR) is 123 cm³/mol. The average Bonchev–Trinajstić information content (AvgIpc) is 2.73. The predicted octanol–water partition coefficient (Wildman–Crippen LogP) is 4.68. The highest BCUT2D eigenvalue weighted by molar-refractivity contribution is 5.91. The standard InChI is InChI=1S/C24H32N4O/c1-18(7-5-13-25-17-19-9-11-21(12-10-19)28(2)3)27-23-16-22(29-4)15-20-8-6-14-26-24(20)23/h6,8-12,14-16,18,25,27H,5,7,13,17H2,1-4H3/t18-/m1/s1. The monoisotopic (exact) mass is 392 g/mol. The van der Waals surface area contributed by atoms with Gasteiger partial charge in [-0.2, -0.15) is 0 Å². The molecule has 0 fully saturated rings. The van der Waals surface area contributed by atoms with Gasteiger partial charge in [-0.3, -0.25) is 4.98 Å². The number of aromatic nitrogens is 1. The van der Waals surface area contributed by atoms with E-state index in [-0.39, 0.29) is 0 Å². The number of methoxy groups -OCH3 is 1. The van der Waals surface area contributed by atoms with Crippen LogP contribution in [0, 0.1) is 0 Å². The minimum Gasteiger partial charge on any atom is -0.497 e. The van der Waals surface area contributed by atoms with Gasteiger partial charge in [0.15, 0.2) is 0 Å². The quantitative estimate of drug-likeness (QED) is 0.491. The lowest BCUT2D eigenvalue weighted by Gasteiger charge is -2.17. The highest BCUT2D eigenvalue weighted by Gasteiger charge is 2.09. The zero-order chi connectivity index (χ0) is 20.6. The first-order chi connectivity index (χ1) is 14.1. The van der Waals surface area contributed by atoms with E-state index in [2.05, 4.69) is 71.9 Å². The van der Waals surface area contributed by atoms with Gasteiger partial charge in [-0.15, -0.1) is 0 Å². The Morgan fingerprint density at radius 3 is 2.62 bits per heavy atom. The van der Waals surface area contributed by atoms with Crippen LogP contribution in [0.15, 0.2) is 54.7 Å². The molecule has 0 aliphatic carbocycles. The van der Waals surface area contributed by atoms with Crippen molar-refractivity contribution in [1.29, 1.82) is 0 Å². The summed E-state index contributed by atoms with van der Waals surface area (Å²) >= 11 is 0. The first-order valence-electron chi connectivity index (χ1n) is 10.2. The second-order valence-electron chi connectivity index (χ2n) is 7.68. The van der Waals surface area contributed by atoms with Gasteiger partial charge < -0.3 is 20.3 Å². The van der Waals surface area contributed by atoms with Gasteiger partial charge in [0.25, 0.3) is 0 Å². The van der Waals surface area contributed by atoms with E-state index < -0.39 is 0 Å². The number of pyridine rings is 1. The molecule has 2 N–H and O–H groups in total. The molecule has 0 saturated carbocycles. The van der Waals surface area contributed by atoms with Crippen molar-refractivity contribution in [3.8, 4) is 5.75 Å². The Labute approximate surface area is 174 Å². The molecular formula is C24H32N4O. The van der Waals surface area contributed by atoms with E-state index in [0.717, 1.165) is 48.3 Å². The largest absolute Gasteiger partial charge is 0.497 e. The molecule has 29 heavy (non-hydrogen) atoms. The van der Waals surface area contributed by atoms with Crippen molar-refractivity contribution in [3.63, 3.8) is 0 Å². The normalized spacial score (nSPS) is 12.0. The van der Waals surface area contributed by atoms with Crippen LogP contribution >= 0.6 is 0 Å². The van der Waals surface area contributed by atoms with Gasteiger partial charge in [0.05, 0.1) is 18.3 Å². The van der Waals surface area contributed by atoms with E-state index in [9.17, 15) is 0 Å². The van der Waals surface area contributed by atoms with E-state index in [1.54, 1.807) is 7.11 Å². The molecule has 5 heteroatoms. The Morgan fingerprint density at radius 2 is 1.90 bits per heavy atom. The summed E-state index contributed by atoms with van der Waals surface area (Å²) in [4.78, 5) is 6.65. The second-order valence-corrected chi connectivity index (χ2v) is 7.68. The second kappa shape index (κ2) is 10.1. The van der Waals surface area contributed by atoms with Crippen molar-refractivity contribution in [1.82, 2.24) is 10.3 Å². The zero-order valence-corrected chi connectivity index (χ0v) is 17.9. The molecule has 0 aliphatic heterocycles. The van der Waals surface area contributed by atoms with Gasteiger partial charge in [-0.05, 0) is 56.1 Å². The van der Waals surface area contributed by atoms with Crippen LogP contribution in [-0.4, -0.2) is 38.8 Å². The van der Waals surface area contributed by atoms with Crippen molar-refractivity contribution >= 4 is 22.3 Å². The molecule has 154 valence electrons. The van der Waals surface area contributed by atoms with Crippen LogP contribution in [-0.2, 0) is 6.54 Å². The Morgan fingerprint density at radius 1 is 1.10 bits per heavy atom. The zero-order valence-electron chi connectivity index (χ0n) is 17.9. The lowest BCUT2D eigenvalue weighted by molar-refractivity contribution is 0.415. The van der Waals surface area contributed by atoms with Gasteiger partial charge in [-0.1, -0.05) is 18.2 Å². The molecule has 1 aromatic heterocycles. The number of rotatable bonds is 10. The maximum Gasteiger partial charge on any atom is 0.121 e. The molecule has 0 amide bonds. The molecule has 1 atom stereocenters. The van der Waals surface area contributed by atoms with Crippen LogP contribution < -0.4 is 20.3 Å². The van der Waals surface area contributed by atoms with Crippen LogP contribution in [0.2, 0.25) is 0 Å². The van der Waals surface area contributed by atoms with Gasteiger partial charge >= 0.3 is 0 Å². The number of benzene rings is 2. The van der Waals surface area contributed by atoms with Crippen molar-refractivity contribution < 1.29 is 4.74 Å². The van der Waals surface area contributed by atoms with Crippen molar-refractivity contribution in [3.05, 3.63) is 60.3 Å². The van der Waals surface area contributed by atoms with E-state index in [4.69, 9.17) is 4.74 Å². The number of hydrogen-bond donors (Lipinski definition) is 2. The number of fused-ring (bicyclic) bond motifs is 1. The van der Waals surface area contributed by atoms with Crippen LogP contribution in [0.3, 0.4) is 0 Å². The summed E-state index contributed by atoms with van der Waals surface area (Å²) in [6.45, 7) is 4.12. The topological polar surface area (TPSA) is 49.4 Å². The molecule has 0 spiro atoms. The molecule has 0 radical (unpaired) electrons. The summed E-state index contributed by atoms with van der Waals surface area (Å²) in [5.74, 6) is 0.849. The first kappa shape index (κ1) is 20.9. The first-order valence-corrected chi connectivity index (χ1v) is 10.2. The third kappa shape index (κ3) is 5.84. The van der Waals surface area contributed by atoms with Crippen molar-refractivity contribution in [2.24, 2.45) is 0 Å². The number of anilines is 2. The summed E-state index contributed by atoms with van der Waals surface area (Å²) in [5.41, 5.74) is 4.56. The molecule has 0 bridgehead atoms. The van der Waals surface area contributed by atoms with Gasteiger partial charge in [0.1, 0.15) is 5.75 Å². The smallest absolute Gasteiger partial charge is 0.121 e. The Kier molecular flexibility index (Phi) is 7.30. The SMILES string of the molecule is COc1cc(N[C@H](C)CCCNCc2ccc(N(C)C)cc2)c2ncccc2c1. The summed E-state index contributed by atoms with van der Waals surface area (Å²) < 4.78 is 5.44. The maximum absolute atomic E-state index is 5.44. The van der Waals surface area contributed by atoms with Crippen LogP contribution in [0.1, 0.15) is 25.3 Å². The highest BCUT2D eigenvalue weighted by atomic mass is 16.5. The number of hydrogen-bond acceptors (Lipinski definition) is 5. The Hall–Kier alpha value is -2.79. The lowest BCUT2D eigenvalue weighted by atomic mass is 10.1. The maximum atomic E-state index is 5.44. The minimum atomic E-state index is 0.355. The highest BCUT2D eigenvalue weighted by Crippen LogP contribution is 2.28. The summed E-state index contributed by atoms with van der Waals surface area (Å²) in [7, 11) is 5.82. The molecular weight excluding hydrogens is 360 g/mol. The molecule has 3 rings (SSSR count). The van der Waals surface area contributed by atoms with E-state index in [0.29, 0.717) is 6.04 Å². The molecule has 3 aromatic rings. The molecule has 0 saturated heterocycles. The summed E-state index contributed by atoms with van der Waals surface area (Å²) in [6, 6.07) is 17.1. The molecule has 0 aliphatic rings. The Bertz CT molecular complexity index is 908. The van der Waals surface area contributed by atoms with E-state index >= 15 is 0 Å². The molecule has 5 nitrogen and oxygen atoms in total. The van der Waals surface area contributed by atoms with E-state index in [1.807, 2.05) is 24.4 Å². The van der Waals surface area contributed by atoms with Crippen LogP contribution in [0.25, 0.3) is 10.9 Å². The number of nitrogens with one attached hydrogen (secondary N) is 2. The fourth-order valence-electron chi connectivity index (χ4n) is 3.41. The van der Waals surface area contributed by atoms with Crippen molar-refractivity contribution in [2.45, 2.75) is 32.4 Å². The van der Waals surface area contributed by atoms with Gasteiger partial charge in [-0.25, -0.2) is 0 Å². The number of nitrogens with zero attached hydrogens (tertiary/aromatic N) is 2. The summed E-state index contributed by atoms with van der Waals surface area (Å²) in [5, 5.41) is 8.24. The minimum absolute atomic E-state index is 0.355. The molecule has 2 aromatic carbocycles. The fourth-order valence-corrected chi connectivity index (χ4v) is 3.41. The number of ether oxygens (including phenoxy) is 1. The van der Waals surface area contributed by atoms with Gasteiger partial charge in [0.2, 0.25) is 0 Å². The van der Waals surface area contributed by atoms with E-state index in [1.165, 1.54) is 11.3 Å². The Balaban J connectivity index is 1.45. The van der Waals surface area contributed by atoms with Crippen LogP contribution in [0.5, 0.6) is 5.75 Å². The van der Waals surface area contributed by atoms with Crippen LogP contribution in [0.4, 0.5) is 11.4 Å². The van der Waals surface area contributed by atoms with Crippen molar-refractivity contribution in [2.75, 3.05) is 38.0 Å². The third-order valence-corrected chi connectivity index (χ3v) is 5.09. The molecule has 0 unspecified atom stereocenters. The lowest BCUT2D eigenvalue weighted by Crippen LogP contribution is -2.20. The summed E-state index contributed by atoms with van der Waals surface area (Å²) in [6.07, 6.45) is 4.02. The average molecular weight is 393 g/mol. The fraction of sp³-hybridized carbons (Fsp3) is 0.375.